The fraction of sp³-hybridized carbons (Fsp3) is 0.278. The lowest BCUT2D eigenvalue weighted by Crippen LogP contribution is -2.17. The van der Waals surface area contributed by atoms with Crippen LogP contribution in [-0.4, -0.2) is 11.0 Å². The SMILES string of the molecule is Cc1cc(NC(C)Cc2ccc(C)s2)c2ccccc2n1. The standard InChI is InChI=1S/C18H20N2S/c1-12(10-15-9-8-14(3)21-15)20-18-11-13(2)19-17-7-5-4-6-16(17)18/h4-9,11-12H,10H2,1-3H3,(H,19,20). The highest BCUT2D eigenvalue weighted by Gasteiger charge is 2.09. The molecule has 1 aromatic carbocycles. The van der Waals surface area contributed by atoms with Crippen molar-refractivity contribution in [2.75, 3.05) is 5.32 Å². The van der Waals surface area contributed by atoms with Crippen molar-refractivity contribution in [1.29, 1.82) is 0 Å². The second kappa shape index (κ2) is 5.86. The maximum absolute atomic E-state index is 4.59. The van der Waals surface area contributed by atoms with E-state index in [1.54, 1.807) is 0 Å². The van der Waals surface area contributed by atoms with E-state index in [2.05, 4.69) is 60.5 Å². The molecule has 108 valence electrons. The highest BCUT2D eigenvalue weighted by atomic mass is 32.1. The number of anilines is 1. The third kappa shape index (κ3) is 3.24. The zero-order valence-electron chi connectivity index (χ0n) is 12.7. The summed E-state index contributed by atoms with van der Waals surface area (Å²) >= 11 is 1.88. The number of nitrogens with zero attached hydrogens (tertiary/aromatic N) is 1. The number of pyridine rings is 1. The summed E-state index contributed by atoms with van der Waals surface area (Å²) in [6.45, 7) is 6.44. The Bertz CT molecular complexity index is 761. The molecule has 0 fully saturated rings. The summed E-state index contributed by atoms with van der Waals surface area (Å²) in [5, 5.41) is 4.84. The number of hydrogen-bond acceptors (Lipinski definition) is 3. The van der Waals surface area contributed by atoms with Crippen molar-refractivity contribution in [2.24, 2.45) is 0 Å². The number of rotatable bonds is 4. The van der Waals surface area contributed by atoms with Gasteiger partial charge in [-0.1, -0.05) is 18.2 Å². The summed E-state index contributed by atoms with van der Waals surface area (Å²) in [6.07, 6.45) is 1.05. The van der Waals surface area contributed by atoms with E-state index in [-0.39, 0.29) is 0 Å². The van der Waals surface area contributed by atoms with Crippen LogP contribution in [0.25, 0.3) is 10.9 Å². The number of nitrogens with one attached hydrogen (secondary N) is 1. The molecule has 2 nitrogen and oxygen atoms in total. The van der Waals surface area contributed by atoms with Crippen molar-refractivity contribution in [3.63, 3.8) is 0 Å². The van der Waals surface area contributed by atoms with Gasteiger partial charge in [0.1, 0.15) is 0 Å². The average molecular weight is 296 g/mol. The minimum Gasteiger partial charge on any atom is -0.382 e. The predicted octanol–water partition coefficient (Wildman–Crippen LogP) is 4.96. The lowest BCUT2D eigenvalue weighted by atomic mass is 10.1. The van der Waals surface area contributed by atoms with E-state index in [9.17, 15) is 0 Å². The van der Waals surface area contributed by atoms with E-state index in [0.29, 0.717) is 6.04 Å². The maximum Gasteiger partial charge on any atom is 0.0725 e. The molecule has 0 aliphatic carbocycles. The molecule has 3 heteroatoms. The van der Waals surface area contributed by atoms with Gasteiger partial charge in [0.25, 0.3) is 0 Å². The molecule has 1 atom stereocenters. The molecule has 2 aromatic heterocycles. The van der Waals surface area contributed by atoms with E-state index in [4.69, 9.17) is 0 Å². The summed E-state index contributed by atoms with van der Waals surface area (Å²) in [5.41, 5.74) is 3.29. The second-order valence-electron chi connectivity index (χ2n) is 5.59. The minimum atomic E-state index is 0.397. The van der Waals surface area contributed by atoms with Crippen molar-refractivity contribution < 1.29 is 0 Å². The zero-order chi connectivity index (χ0) is 14.8. The Balaban J connectivity index is 1.84. The first-order chi connectivity index (χ1) is 10.1. The van der Waals surface area contributed by atoms with Crippen molar-refractivity contribution in [1.82, 2.24) is 4.98 Å². The quantitative estimate of drug-likeness (QED) is 0.736. The number of hydrogen-bond donors (Lipinski definition) is 1. The van der Waals surface area contributed by atoms with E-state index in [0.717, 1.165) is 17.6 Å². The van der Waals surface area contributed by atoms with Crippen LogP contribution in [0.5, 0.6) is 0 Å². The summed E-state index contributed by atoms with van der Waals surface area (Å²) in [6, 6.07) is 15.3. The van der Waals surface area contributed by atoms with Crippen LogP contribution in [0.1, 0.15) is 22.4 Å². The smallest absolute Gasteiger partial charge is 0.0725 e. The Morgan fingerprint density at radius 1 is 1.14 bits per heavy atom. The Hall–Kier alpha value is -1.87. The van der Waals surface area contributed by atoms with E-state index in [1.165, 1.54) is 20.8 Å². The van der Waals surface area contributed by atoms with Crippen LogP contribution in [0.15, 0.2) is 42.5 Å². The van der Waals surface area contributed by atoms with Gasteiger partial charge in [-0.3, -0.25) is 4.98 Å². The summed E-state index contributed by atoms with van der Waals surface area (Å²) in [5.74, 6) is 0. The van der Waals surface area contributed by atoms with Gasteiger partial charge in [-0.05, 0) is 45.0 Å². The van der Waals surface area contributed by atoms with Crippen molar-refractivity contribution in [3.05, 3.63) is 57.9 Å². The molecule has 2 heterocycles. The topological polar surface area (TPSA) is 24.9 Å². The van der Waals surface area contributed by atoms with Gasteiger partial charge < -0.3 is 5.32 Å². The van der Waals surface area contributed by atoms with Crippen LogP contribution < -0.4 is 5.32 Å². The van der Waals surface area contributed by atoms with Crippen LogP contribution in [-0.2, 0) is 6.42 Å². The van der Waals surface area contributed by atoms with Crippen molar-refractivity contribution in [2.45, 2.75) is 33.2 Å². The van der Waals surface area contributed by atoms with Gasteiger partial charge in [0.15, 0.2) is 0 Å². The Kier molecular flexibility index (Phi) is 3.93. The molecule has 3 rings (SSSR count). The lowest BCUT2D eigenvalue weighted by molar-refractivity contribution is 0.801. The van der Waals surface area contributed by atoms with Crippen LogP contribution in [0.3, 0.4) is 0 Å². The predicted molar refractivity (Wildman–Crippen MR) is 92.3 cm³/mol. The molecule has 0 saturated heterocycles. The van der Waals surface area contributed by atoms with E-state index >= 15 is 0 Å². The van der Waals surface area contributed by atoms with Gasteiger partial charge in [-0.15, -0.1) is 11.3 Å². The molecular formula is C18H20N2S. The van der Waals surface area contributed by atoms with Gasteiger partial charge in [0.2, 0.25) is 0 Å². The molecule has 1 unspecified atom stereocenters. The molecule has 0 radical (unpaired) electrons. The fourth-order valence-corrected chi connectivity index (χ4v) is 3.66. The zero-order valence-corrected chi connectivity index (χ0v) is 13.5. The van der Waals surface area contributed by atoms with E-state index < -0.39 is 0 Å². The molecule has 0 aliphatic rings. The Labute approximate surface area is 129 Å². The van der Waals surface area contributed by atoms with Gasteiger partial charge in [0.05, 0.1) is 5.52 Å². The van der Waals surface area contributed by atoms with Crippen molar-refractivity contribution >= 4 is 27.9 Å². The Morgan fingerprint density at radius 3 is 2.71 bits per heavy atom. The molecule has 1 N–H and O–H groups in total. The number of aryl methyl sites for hydroxylation is 2. The number of fused-ring (bicyclic) bond motifs is 1. The first-order valence-electron chi connectivity index (χ1n) is 7.30. The first kappa shape index (κ1) is 14.1. The maximum atomic E-state index is 4.59. The average Bonchev–Trinajstić information content (AvgIpc) is 2.83. The van der Waals surface area contributed by atoms with Crippen LogP contribution in [0.4, 0.5) is 5.69 Å². The number of para-hydroxylation sites is 1. The monoisotopic (exact) mass is 296 g/mol. The van der Waals surface area contributed by atoms with Gasteiger partial charge in [0, 0.05) is 39.0 Å². The van der Waals surface area contributed by atoms with Crippen LogP contribution in [0.2, 0.25) is 0 Å². The Morgan fingerprint density at radius 2 is 1.95 bits per heavy atom. The number of thiophene rings is 1. The van der Waals surface area contributed by atoms with Gasteiger partial charge in [-0.2, -0.15) is 0 Å². The molecule has 21 heavy (non-hydrogen) atoms. The molecule has 0 saturated carbocycles. The third-order valence-corrected chi connectivity index (χ3v) is 4.57. The summed E-state index contributed by atoms with van der Waals surface area (Å²) in [7, 11) is 0. The summed E-state index contributed by atoms with van der Waals surface area (Å²) in [4.78, 5) is 7.40. The second-order valence-corrected chi connectivity index (χ2v) is 6.96. The third-order valence-electron chi connectivity index (χ3n) is 3.55. The normalized spacial score (nSPS) is 12.5. The van der Waals surface area contributed by atoms with Crippen LogP contribution >= 0.6 is 11.3 Å². The molecule has 3 aromatic rings. The fourth-order valence-electron chi connectivity index (χ4n) is 2.64. The van der Waals surface area contributed by atoms with Crippen molar-refractivity contribution in [3.8, 4) is 0 Å². The van der Waals surface area contributed by atoms with Gasteiger partial charge >= 0.3 is 0 Å². The largest absolute Gasteiger partial charge is 0.382 e. The molecule has 0 spiro atoms. The first-order valence-corrected chi connectivity index (χ1v) is 8.12. The highest BCUT2D eigenvalue weighted by Crippen LogP contribution is 2.25. The molecular weight excluding hydrogens is 276 g/mol. The molecule has 0 aliphatic heterocycles. The van der Waals surface area contributed by atoms with Crippen LogP contribution in [0, 0.1) is 13.8 Å². The van der Waals surface area contributed by atoms with Gasteiger partial charge in [-0.25, -0.2) is 0 Å². The minimum absolute atomic E-state index is 0.397. The molecule has 0 amide bonds. The van der Waals surface area contributed by atoms with E-state index in [1.807, 2.05) is 24.3 Å². The molecule has 0 bridgehead atoms. The number of benzene rings is 1. The lowest BCUT2D eigenvalue weighted by Gasteiger charge is -2.16. The summed E-state index contributed by atoms with van der Waals surface area (Å²) < 4.78 is 0. The number of aromatic nitrogens is 1. The highest BCUT2D eigenvalue weighted by molar-refractivity contribution is 7.11.